The molecule has 104 valence electrons. The highest BCUT2D eigenvalue weighted by molar-refractivity contribution is 5.45. The second kappa shape index (κ2) is 10.5. The van der Waals surface area contributed by atoms with Gasteiger partial charge in [-0.05, 0) is 18.6 Å². The third-order valence-electron chi connectivity index (χ3n) is 2.80. The molecule has 0 aliphatic rings. The maximum Gasteiger partial charge on any atom is 0.134 e. The Morgan fingerprint density at radius 1 is 1.05 bits per heavy atom. The number of rotatable bonds is 8. The van der Waals surface area contributed by atoms with Gasteiger partial charge in [0.05, 0.1) is 18.8 Å². The van der Waals surface area contributed by atoms with Crippen molar-refractivity contribution in [2.24, 2.45) is 0 Å². The van der Waals surface area contributed by atoms with Crippen molar-refractivity contribution in [2.75, 3.05) is 20.3 Å². The topological polar surface area (TPSA) is 18.5 Å². The van der Waals surface area contributed by atoms with Crippen molar-refractivity contribution in [3.05, 3.63) is 29.8 Å². The Labute approximate surface area is 117 Å². The van der Waals surface area contributed by atoms with Crippen LogP contribution in [0.25, 0.3) is 0 Å². The Hall–Kier alpha value is -1.46. The highest BCUT2D eigenvalue weighted by Crippen LogP contribution is 2.17. The molecule has 1 aromatic carbocycles. The SMILES string of the molecule is CCCCCCOc1ccccc1C#CCCOC. The van der Waals surface area contributed by atoms with Crippen molar-refractivity contribution in [3.63, 3.8) is 0 Å². The van der Waals surface area contributed by atoms with Crippen LogP contribution < -0.4 is 4.74 Å². The summed E-state index contributed by atoms with van der Waals surface area (Å²) in [6, 6.07) is 7.97. The molecular weight excluding hydrogens is 236 g/mol. The van der Waals surface area contributed by atoms with Crippen LogP contribution in [-0.4, -0.2) is 20.3 Å². The molecule has 1 aromatic rings. The average Bonchev–Trinajstić information content (AvgIpc) is 2.45. The molecule has 0 N–H and O–H groups in total. The zero-order valence-corrected chi connectivity index (χ0v) is 12.1. The van der Waals surface area contributed by atoms with Crippen LogP contribution in [0.1, 0.15) is 44.6 Å². The summed E-state index contributed by atoms with van der Waals surface area (Å²) >= 11 is 0. The first-order valence-electron chi connectivity index (χ1n) is 7.08. The molecule has 0 bridgehead atoms. The molecule has 0 aromatic heterocycles. The van der Waals surface area contributed by atoms with E-state index in [9.17, 15) is 0 Å². The van der Waals surface area contributed by atoms with Gasteiger partial charge in [0.15, 0.2) is 0 Å². The number of benzene rings is 1. The lowest BCUT2D eigenvalue weighted by Crippen LogP contribution is -1.98. The van der Waals surface area contributed by atoms with Crippen LogP contribution in [0.2, 0.25) is 0 Å². The van der Waals surface area contributed by atoms with Crippen molar-refractivity contribution in [1.82, 2.24) is 0 Å². The minimum atomic E-state index is 0.674. The predicted octanol–water partition coefficient (Wildman–Crippen LogP) is 4.03. The summed E-state index contributed by atoms with van der Waals surface area (Å²) in [4.78, 5) is 0. The lowest BCUT2D eigenvalue weighted by molar-refractivity contribution is 0.206. The van der Waals surface area contributed by atoms with Crippen molar-refractivity contribution < 1.29 is 9.47 Å². The van der Waals surface area contributed by atoms with E-state index in [1.807, 2.05) is 24.3 Å². The molecule has 0 radical (unpaired) electrons. The predicted molar refractivity (Wildman–Crippen MR) is 79.5 cm³/mol. The van der Waals surface area contributed by atoms with Gasteiger partial charge in [-0.2, -0.15) is 0 Å². The normalized spacial score (nSPS) is 9.79. The Bertz CT molecular complexity index is 401. The van der Waals surface area contributed by atoms with Crippen LogP contribution in [-0.2, 0) is 4.74 Å². The van der Waals surface area contributed by atoms with E-state index in [0.29, 0.717) is 6.61 Å². The van der Waals surface area contributed by atoms with E-state index in [-0.39, 0.29) is 0 Å². The summed E-state index contributed by atoms with van der Waals surface area (Å²) < 4.78 is 10.8. The summed E-state index contributed by atoms with van der Waals surface area (Å²) in [6.45, 7) is 3.66. The Morgan fingerprint density at radius 2 is 1.89 bits per heavy atom. The summed E-state index contributed by atoms with van der Waals surface area (Å²) in [7, 11) is 1.69. The lowest BCUT2D eigenvalue weighted by Gasteiger charge is -2.07. The van der Waals surface area contributed by atoms with E-state index in [0.717, 1.165) is 30.8 Å². The van der Waals surface area contributed by atoms with Gasteiger partial charge < -0.3 is 9.47 Å². The van der Waals surface area contributed by atoms with Crippen LogP contribution in [0.5, 0.6) is 5.75 Å². The number of hydrogen-bond donors (Lipinski definition) is 0. The van der Waals surface area contributed by atoms with Crippen molar-refractivity contribution in [1.29, 1.82) is 0 Å². The molecule has 0 aliphatic carbocycles. The molecule has 0 amide bonds. The maximum absolute atomic E-state index is 5.81. The summed E-state index contributed by atoms with van der Waals surface area (Å²) in [5.41, 5.74) is 0.967. The lowest BCUT2D eigenvalue weighted by atomic mass is 10.2. The molecule has 0 unspecified atom stereocenters. The smallest absolute Gasteiger partial charge is 0.134 e. The highest BCUT2D eigenvalue weighted by Gasteiger charge is 1.99. The quantitative estimate of drug-likeness (QED) is 0.519. The fraction of sp³-hybridized carbons (Fsp3) is 0.529. The molecule has 0 saturated heterocycles. The molecule has 2 heteroatoms. The second-order valence-electron chi connectivity index (χ2n) is 4.45. The van der Waals surface area contributed by atoms with Gasteiger partial charge in [0.1, 0.15) is 5.75 Å². The number of unbranched alkanes of at least 4 members (excludes halogenated alkanes) is 3. The zero-order valence-electron chi connectivity index (χ0n) is 12.1. The van der Waals surface area contributed by atoms with E-state index in [1.54, 1.807) is 7.11 Å². The van der Waals surface area contributed by atoms with Gasteiger partial charge in [-0.1, -0.05) is 50.2 Å². The van der Waals surface area contributed by atoms with E-state index in [1.165, 1.54) is 19.3 Å². The van der Waals surface area contributed by atoms with E-state index in [2.05, 4.69) is 18.8 Å². The number of para-hydroxylation sites is 1. The van der Waals surface area contributed by atoms with Gasteiger partial charge in [0.2, 0.25) is 0 Å². The number of ether oxygens (including phenoxy) is 2. The first kappa shape index (κ1) is 15.6. The van der Waals surface area contributed by atoms with Gasteiger partial charge >= 0.3 is 0 Å². The standard InChI is InChI=1S/C17H24O2/c1-3-4-5-9-15-19-17-13-7-6-11-16(17)12-8-10-14-18-2/h6-7,11,13H,3-5,9-10,14-15H2,1-2H3. The molecule has 19 heavy (non-hydrogen) atoms. The van der Waals surface area contributed by atoms with Crippen LogP contribution in [0.3, 0.4) is 0 Å². The molecule has 0 aliphatic heterocycles. The Balaban J connectivity index is 2.45. The van der Waals surface area contributed by atoms with Gasteiger partial charge in [0, 0.05) is 13.5 Å². The largest absolute Gasteiger partial charge is 0.492 e. The van der Waals surface area contributed by atoms with Crippen LogP contribution in [0, 0.1) is 11.8 Å². The Morgan fingerprint density at radius 3 is 2.68 bits per heavy atom. The maximum atomic E-state index is 5.81. The highest BCUT2D eigenvalue weighted by atomic mass is 16.5. The molecule has 1 rings (SSSR count). The summed E-state index contributed by atoms with van der Waals surface area (Å²) in [6.07, 6.45) is 5.63. The van der Waals surface area contributed by atoms with Gasteiger partial charge in [-0.3, -0.25) is 0 Å². The molecular formula is C17H24O2. The van der Waals surface area contributed by atoms with Crippen LogP contribution in [0.4, 0.5) is 0 Å². The van der Waals surface area contributed by atoms with Crippen molar-refractivity contribution >= 4 is 0 Å². The van der Waals surface area contributed by atoms with Gasteiger partial charge in [-0.15, -0.1) is 0 Å². The van der Waals surface area contributed by atoms with E-state index < -0.39 is 0 Å². The number of methoxy groups -OCH3 is 1. The van der Waals surface area contributed by atoms with Crippen molar-refractivity contribution in [3.8, 4) is 17.6 Å². The minimum absolute atomic E-state index is 0.674. The van der Waals surface area contributed by atoms with E-state index >= 15 is 0 Å². The first-order valence-corrected chi connectivity index (χ1v) is 7.08. The molecule has 0 fully saturated rings. The summed E-state index contributed by atoms with van der Waals surface area (Å²) in [5, 5.41) is 0. The fourth-order valence-electron chi connectivity index (χ4n) is 1.72. The minimum Gasteiger partial charge on any atom is -0.492 e. The second-order valence-corrected chi connectivity index (χ2v) is 4.45. The number of hydrogen-bond acceptors (Lipinski definition) is 2. The first-order chi connectivity index (χ1) is 9.38. The van der Waals surface area contributed by atoms with Gasteiger partial charge in [0.25, 0.3) is 0 Å². The molecule has 0 heterocycles. The zero-order chi connectivity index (χ0) is 13.8. The third-order valence-corrected chi connectivity index (χ3v) is 2.80. The monoisotopic (exact) mass is 260 g/mol. The third kappa shape index (κ3) is 6.88. The van der Waals surface area contributed by atoms with Crippen LogP contribution in [0.15, 0.2) is 24.3 Å². The van der Waals surface area contributed by atoms with E-state index in [4.69, 9.17) is 9.47 Å². The average molecular weight is 260 g/mol. The van der Waals surface area contributed by atoms with Gasteiger partial charge in [-0.25, -0.2) is 0 Å². The van der Waals surface area contributed by atoms with Crippen LogP contribution >= 0.6 is 0 Å². The van der Waals surface area contributed by atoms with Crippen molar-refractivity contribution in [2.45, 2.75) is 39.0 Å². The fourth-order valence-corrected chi connectivity index (χ4v) is 1.72. The molecule has 0 atom stereocenters. The Kier molecular flexibility index (Phi) is 8.59. The molecule has 2 nitrogen and oxygen atoms in total. The molecule has 0 spiro atoms. The summed E-state index contributed by atoms with van der Waals surface area (Å²) in [5.74, 6) is 7.14. The molecule has 0 saturated carbocycles.